The number of anilines is 6. The van der Waals surface area contributed by atoms with Gasteiger partial charge >= 0.3 is 0 Å². The van der Waals surface area contributed by atoms with Crippen molar-refractivity contribution in [2.24, 2.45) is 0 Å². The van der Waals surface area contributed by atoms with Crippen molar-refractivity contribution in [1.29, 1.82) is 0 Å². The van der Waals surface area contributed by atoms with Gasteiger partial charge in [-0.2, -0.15) is 0 Å². The summed E-state index contributed by atoms with van der Waals surface area (Å²) < 4.78 is 0. The summed E-state index contributed by atoms with van der Waals surface area (Å²) in [5.74, 6) is 0. The summed E-state index contributed by atoms with van der Waals surface area (Å²) in [6.07, 6.45) is 11.4. The molecule has 0 saturated heterocycles. The molecule has 342 valence electrons. The molecule has 0 N–H and O–H groups in total. The third-order valence-corrected chi connectivity index (χ3v) is 13.8. The van der Waals surface area contributed by atoms with Crippen LogP contribution in [0.2, 0.25) is 0 Å². The molecule has 0 amide bonds. The van der Waals surface area contributed by atoms with Crippen LogP contribution in [0.4, 0.5) is 34.1 Å². The first kappa shape index (κ1) is 45.8. The molecule has 1 aliphatic rings. The van der Waals surface area contributed by atoms with Crippen LogP contribution in [-0.4, -0.2) is 0 Å². The lowest BCUT2D eigenvalue weighted by molar-refractivity contribution is 0.662. The standard InChI is InChI=1S/C69H56N2/c1-7-19-49(9-3)53-27-37-58(38-28-53)70(59-39-31-55(32-40-59)51-21-13-11-14-22-51)60-45-35-57(36-46-60)63-47-48-66(67-64-25-17-18-26-65(64)69(5,6)68(63)67)71(61-41-29-54(30-42-61)50(10-4)20-8-2)62-43-33-56(34-44-62)52-23-15-12-16-24-52/h7-48H,1-4H2,5-6H3/b49-19+,50-20+. The number of nitrogens with zero attached hydrogens (tertiary/aromatic N) is 2. The minimum atomic E-state index is -0.296. The molecule has 0 spiro atoms. The van der Waals surface area contributed by atoms with E-state index in [1.807, 2.05) is 30.4 Å². The highest BCUT2D eigenvalue weighted by atomic mass is 15.1. The van der Waals surface area contributed by atoms with E-state index < -0.39 is 0 Å². The van der Waals surface area contributed by atoms with Gasteiger partial charge in [-0.05, 0) is 139 Å². The molecule has 2 nitrogen and oxygen atoms in total. The Hall–Kier alpha value is -8.98. The Morgan fingerprint density at radius 3 is 1.18 bits per heavy atom. The lowest BCUT2D eigenvalue weighted by Gasteiger charge is -2.31. The Morgan fingerprint density at radius 2 is 0.746 bits per heavy atom. The van der Waals surface area contributed by atoms with Gasteiger partial charge in [0.05, 0.1) is 5.69 Å². The van der Waals surface area contributed by atoms with Crippen LogP contribution in [0.1, 0.15) is 36.1 Å². The molecule has 0 unspecified atom stereocenters. The highest BCUT2D eigenvalue weighted by molar-refractivity contribution is 5.99. The van der Waals surface area contributed by atoms with Crippen LogP contribution in [0, 0.1) is 0 Å². The smallest absolute Gasteiger partial charge is 0.0543 e. The van der Waals surface area contributed by atoms with E-state index in [-0.39, 0.29) is 5.41 Å². The van der Waals surface area contributed by atoms with E-state index in [2.05, 4.69) is 268 Å². The maximum atomic E-state index is 4.08. The van der Waals surface area contributed by atoms with E-state index in [1.54, 1.807) is 6.08 Å². The molecular formula is C69H56N2. The SMILES string of the molecule is C=C/C=C(\C=C)c1ccc(N(c2ccc(-c3ccccc3)cc2)c2ccc(-c3ccc(N(c4ccc(/C(C=C)=C/C=C)cc4)c4ccc(-c5ccccc5)cc4)c4c3C(C)(C)c3ccccc3-4)cc2)cc1. The fourth-order valence-electron chi connectivity index (χ4n) is 10.3. The Balaban J connectivity index is 1.10. The molecule has 2 heteroatoms. The second-order valence-electron chi connectivity index (χ2n) is 18.3. The Kier molecular flexibility index (Phi) is 12.9. The fraction of sp³-hybridized carbons (Fsp3) is 0.0435. The molecule has 0 radical (unpaired) electrons. The molecule has 0 heterocycles. The molecule has 0 atom stereocenters. The average molecular weight is 913 g/mol. The number of hydrogen-bond acceptors (Lipinski definition) is 2. The predicted octanol–water partition coefficient (Wildman–Crippen LogP) is 19.4. The number of rotatable bonds is 15. The zero-order valence-electron chi connectivity index (χ0n) is 40.5. The van der Waals surface area contributed by atoms with Crippen molar-refractivity contribution in [3.63, 3.8) is 0 Å². The first-order valence-electron chi connectivity index (χ1n) is 24.2. The molecule has 0 aliphatic heterocycles. The molecule has 0 saturated carbocycles. The highest BCUT2D eigenvalue weighted by Crippen LogP contribution is 2.57. The lowest BCUT2D eigenvalue weighted by Crippen LogP contribution is -2.17. The molecule has 0 bridgehead atoms. The first-order valence-corrected chi connectivity index (χ1v) is 24.2. The maximum Gasteiger partial charge on any atom is 0.0543 e. The van der Waals surface area contributed by atoms with Crippen LogP contribution < -0.4 is 9.80 Å². The van der Waals surface area contributed by atoms with Gasteiger partial charge in [0.2, 0.25) is 0 Å². The van der Waals surface area contributed by atoms with Gasteiger partial charge < -0.3 is 9.80 Å². The van der Waals surface area contributed by atoms with Crippen LogP contribution in [0.5, 0.6) is 0 Å². The molecule has 1 aliphatic carbocycles. The second kappa shape index (κ2) is 19.9. The molecule has 0 aromatic heterocycles. The van der Waals surface area contributed by atoms with Crippen molar-refractivity contribution in [2.75, 3.05) is 9.80 Å². The van der Waals surface area contributed by atoms with Crippen LogP contribution in [-0.2, 0) is 5.41 Å². The first-order chi connectivity index (χ1) is 34.8. The molecule has 0 fully saturated rings. The third-order valence-electron chi connectivity index (χ3n) is 13.8. The Morgan fingerprint density at radius 1 is 0.366 bits per heavy atom. The van der Waals surface area contributed by atoms with Gasteiger partial charge in [0.15, 0.2) is 0 Å². The fourth-order valence-corrected chi connectivity index (χ4v) is 10.3. The van der Waals surface area contributed by atoms with Gasteiger partial charge in [0.25, 0.3) is 0 Å². The van der Waals surface area contributed by atoms with Gasteiger partial charge in [-0.25, -0.2) is 0 Å². The van der Waals surface area contributed by atoms with Gasteiger partial charge in [-0.15, -0.1) is 0 Å². The average Bonchev–Trinajstić information content (AvgIpc) is 3.67. The van der Waals surface area contributed by atoms with E-state index in [9.17, 15) is 0 Å². The second-order valence-corrected chi connectivity index (χ2v) is 18.3. The summed E-state index contributed by atoms with van der Waals surface area (Å²) in [6, 6.07) is 79.1. The molecular weight excluding hydrogens is 857 g/mol. The monoisotopic (exact) mass is 912 g/mol. The number of fused-ring (bicyclic) bond motifs is 3. The zero-order chi connectivity index (χ0) is 48.9. The van der Waals surface area contributed by atoms with E-state index in [4.69, 9.17) is 0 Å². The third kappa shape index (κ3) is 8.84. The lowest BCUT2D eigenvalue weighted by atomic mass is 9.78. The highest BCUT2D eigenvalue weighted by Gasteiger charge is 2.40. The topological polar surface area (TPSA) is 6.48 Å². The quantitative estimate of drug-likeness (QED) is 0.0946. The molecule has 9 aromatic rings. The van der Waals surface area contributed by atoms with Crippen molar-refractivity contribution in [3.8, 4) is 44.5 Å². The van der Waals surface area contributed by atoms with Crippen molar-refractivity contribution < 1.29 is 0 Å². The molecule has 10 rings (SSSR count). The van der Waals surface area contributed by atoms with Crippen molar-refractivity contribution in [3.05, 3.63) is 303 Å². The van der Waals surface area contributed by atoms with E-state index in [1.165, 1.54) is 50.1 Å². The van der Waals surface area contributed by atoms with Crippen molar-refractivity contribution in [2.45, 2.75) is 19.3 Å². The maximum absolute atomic E-state index is 4.08. The normalized spacial score (nSPS) is 12.6. The van der Waals surface area contributed by atoms with Crippen LogP contribution >= 0.6 is 0 Å². The summed E-state index contributed by atoms with van der Waals surface area (Å²) in [5, 5.41) is 0. The molecule has 9 aromatic carbocycles. The number of benzene rings is 9. The van der Waals surface area contributed by atoms with Gasteiger partial charge in [-0.1, -0.05) is 228 Å². The van der Waals surface area contributed by atoms with Gasteiger partial charge in [-0.3, -0.25) is 0 Å². The van der Waals surface area contributed by atoms with Crippen LogP contribution in [0.25, 0.3) is 55.7 Å². The number of hydrogen-bond donors (Lipinski definition) is 0. The summed E-state index contributed by atoms with van der Waals surface area (Å²) in [6.45, 7) is 20.7. The molecule has 71 heavy (non-hydrogen) atoms. The summed E-state index contributed by atoms with van der Waals surface area (Å²) in [5.41, 5.74) is 22.6. The summed E-state index contributed by atoms with van der Waals surface area (Å²) >= 11 is 0. The minimum absolute atomic E-state index is 0.296. The van der Waals surface area contributed by atoms with E-state index in [0.29, 0.717) is 0 Å². The zero-order valence-corrected chi connectivity index (χ0v) is 40.5. The summed E-state index contributed by atoms with van der Waals surface area (Å²) in [7, 11) is 0. The van der Waals surface area contributed by atoms with Crippen molar-refractivity contribution >= 4 is 45.3 Å². The van der Waals surface area contributed by atoms with Gasteiger partial charge in [0, 0.05) is 39.4 Å². The van der Waals surface area contributed by atoms with E-state index in [0.717, 1.165) is 62.0 Å². The van der Waals surface area contributed by atoms with Crippen molar-refractivity contribution in [1.82, 2.24) is 0 Å². The van der Waals surface area contributed by atoms with E-state index >= 15 is 0 Å². The minimum Gasteiger partial charge on any atom is -0.311 e. The summed E-state index contributed by atoms with van der Waals surface area (Å²) in [4.78, 5) is 4.75. The van der Waals surface area contributed by atoms with Crippen LogP contribution in [0.3, 0.4) is 0 Å². The number of allylic oxidation sites excluding steroid dienone is 8. The predicted molar refractivity (Wildman–Crippen MR) is 306 cm³/mol. The Bertz CT molecular complexity index is 3450. The Labute approximate surface area is 420 Å². The van der Waals surface area contributed by atoms with Crippen LogP contribution in [0.15, 0.2) is 281 Å². The van der Waals surface area contributed by atoms with Gasteiger partial charge in [0.1, 0.15) is 0 Å². The largest absolute Gasteiger partial charge is 0.311 e.